The van der Waals surface area contributed by atoms with Crippen molar-refractivity contribution < 1.29 is 8.42 Å². The van der Waals surface area contributed by atoms with Crippen molar-refractivity contribution in [2.24, 2.45) is 4.40 Å². The maximum absolute atomic E-state index is 11.8. The van der Waals surface area contributed by atoms with Gasteiger partial charge in [0.05, 0.1) is 0 Å². The first kappa shape index (κ1) is 12.1. The molecule has 2 rings (SSSR count). The molecule has 1 aromatic rings. The molecular formula is C12H16N2O2S. The Morgan fingerprint density at radius 1 is 1.35 bits per heavy atom. The SMILES string of the molecule is CCCCNC1=NS(=O)(=O)c2cccc(C)c21. The molecule has 0 saturated heterocycles. The zero-order valence-corrected chi connectivity index (χ0v) is 10.8. The highest BCUT2D eigenvalue weighted by Crippen LogP contribution is 2.27. The number of amidine groups is 1. The van der Waals surface area contributed by atoms with E-state index in [0.717, 1.165) is 30.5 Å². The third kappa shape index (κ3) is 2.20. The van der Waals surface area contributed by atoms with E-state index in [2.05, 4.69) is 16.6 Å². The number of unbranched alkanes of at least 4 members (excludes halogenated alkanes) is 1. The van der Waals surface area contributed by atoms with E-state index in [-0.39, 0.29) is 0 Å². The van der Waals surface area contributed by atoms with Crippen molar-refractivity contribution in [2.75, 3.05) is 6.54 Å². The van der Waals surface area contributed by atoms with Crippen LogP contribution in [0, 0.1) is 6.92 Å². The summed E-state index contributed by atoms with van der Waals surface area (Å²) in [4.78, 5) is 0.316. The number of hydrogen-bond donors (Lipinski definition) is 1. The number of rotatable bonds is 3. The number of hydrogen-bond acceptors (Lipinski definition) is 3. The number of benzene rings is 1. The largest absolute Gasteiger partial charge is 0.369 e. The van der Waals surface area contributed by atoms with E-state index >= 15 is 0 Å². The van der Waals surface area contributed by atoms with Crippen molar-refractivity contribution in [3.63, 3.8) is 0 Å². The van der Waals surface area contributed by atoms with Gasteiger partial charge in [-0.2, -0.15) is 8.42 Å². The van der Waals surface area contributed by atoms with Gasteiger partial charge in [-0.25, -0.2) is 0 Å². The van der Waals surface area contributed by atoms with Gasteiger partial charge in [0.1, 0.15) is 10.7 Å². The molecule has 0 radical (unpaired) electrons. The first-order valence-electron chi connectivity index (χ1n) is 5.75. The Kier molecular flexibility index (Phi) is 3.19. The van der Waals surface area contributed by atoms with E-state index in [1.165, 1.54) is 0 Å². The predicted octanol–water partition coefficient (Wildman–Crippen LogP) is 1.83. The zero-order chi connectivity index (χ0) is 12.5. The Morgan fingerprint density at radius 2 is 2.12 bits per heavy atom. The maximum atomic E-state index is 11.8. The highest BCUT2D eigenvalue weighted by atomic mass is 32.2. The van der Waals surface area contributed by atoms with E-state index in [1.807, 2.05) is 13.0 Å². The van der Waals surface area contributed by atoms with Crippen molar-refractivity contribution in [3.8, 4) is 0 Å². The van der Waals surface area contributed by atoms with Gasteiger partial charge >= 0.3 is 0 Å². The summed E-state index contributed by atoms with van der Waals surface area (Å²) in [5.74, 6) is 0.492. The van der Waals surface area contributed by atoms with Gasteiger partial charge in [0.2, 0.25) is 0 Å². The van der Waals surface area contributed by atoms with E-state index < -0.39 is 10.0 Å². The van der Waals surface area contributed by atoms with Crippen molar-refractivity contribution in [1.29, 1.82) is 0 Å². The zero-order valence-electron chi connectivity index (χ0n) is 10.0. The third-order valence-corrected chi connectivity index (χ3v) is 4.10. The molecule has 0 spiro atoms. The fraction of sp³-hybridized carbons (Fsp3) is 0.417. The Bertz CT molecular complexity index is 562. The molecule has 92 valence electrons. The molecule has 0 atom stereocenters. The lowest BCUT2D eigenvalue weighted by Gasteiger charge is -2.07. The Balaban J connectivity index is 2.38. The molecule has 1 aliphatic heterocycles. The molecule has 0 amide bonds. The molecule has 1 N–H and O–H groups in total. The summed E-state index contributed by atoms with van der Waals surface area (Å²) in [6.07, 6.45) is 2.06. The molecule has 17 heavy (non-hydrogen) atoms. The second-order valence-corrected chi connectivity index (χ2v) is 5.72. The van der Waals surface area contributed by atoms with Crippen LogP contribution in [-0.2, 0) is 10.0 Å². The summed E-state index contributed by atoms with van der Waals surface area (Å²) in [5.41, 5.74) is 1.66. The Morgan fingerprint density at radius 3 is 2.82 bits per heavy atom. The van der Waals surface area contributed by atoms with Crippen LogP contribution in [0.25, 0.3) is 0 Å². The highest BCUT2D eigenvalue weighted by molar-refractivity contribution is 7.90. The van der Waals surface area contributed by atoms with Crippen LogP contribution < -0.4 is 5.32 Å². The third-order valence-electron chi connectivity index (χ3n) is 2.78. The van der Waals surface area contributed by atoms with Crippen LogP contribution in [0.15, 0.2) is 27.5 Å². The second-order valence-electron chi connectivity index (χ2n) is 4.14. The number of nitrogens with one attached hydrogen (secondary N) is 1. The van der Waals surface area contributed by atoms with E-state index in [1.54, 1.807) is 12.1 Å². The molecule has 1 heterocycles. The van der Waals surface area contributed by atoms with Crippen LogP contribution in [-0.4, -0.2) is 20.8 Å². The quantitative estimate of drug-likeness (QED) is 0.835. The van der Waals surface area contributed by atoms with Crippen molar-refractivity contribution in [3.05, 3.63) is 29.3 Å². The van der Waals surface area contributed by atoms with Gasteiger partial charge in [-0.05, 0) is 25.0 Å². The van der Waals surface area contributed by atoms with Crippen molar-refractivity contribution >= 4 is 15.9 Å². The van der Waals surface area contributed by atoms with Gasteiger partial charge in [0.25, 0.3) is 10.0 Å². The van der Waals surface area contributed by atoms with Gasteiger partial charge < -0.3 is 5.32 Å². The van der Waals surface area contributed by atoms with Gasteiger partial charge in [-0.1, -0.05) is 25.5 Å². The first-order chi connectivity index (χ1) is 8.06. The van der Waals surface area contributed by atoms with Crippen LogP contribution in [0.1, 0.15) is 30.9 Å². The monoisotopic (exact) mass is 252 g/mol. The smallest absolute Gasteiger partial charge is 0.285 e. The van der Waals surface area contributed by atoms with Gasteiger partial charge in [-0.15, -0.1) is 4.40 Å². The molecule has 1 aromatic carbocycles. The average molecular weight is 252 g/mol. The molecule has 0 fully saturated rings. The lowest BCUT2D eigenvalue weighted by Crippen LogP contribution is -2.24. The summed E-state index contributed by atoms with van der Waals surface area (Å²) in [6.45, 7) is 4.74. The molecule has 0 bridgehead atoms. The molecule has 1 aliphatic rings. The molecule has 4 nitrogen and oxygen atoms in total. The second kappa shape index (κ2) is 4.49. The minimum Gasteiger partial charge on any atom is -0.369 e. The lowest BCUT2D eigenvalue weighted by atomic mass is 10.1. The van der Waals surface area contributed by atoms with Crippen molar-refractivity contribution in [1.82, 2.24) is 5.32 Å². The minimum absolute atomic E-state index is 0.316. The number of fused-ring (bicyclic) bond motifs is 1. The summed E-state index contributed by atoms with van der Waals surface area (Å²) in [6, 6.07) is 5.25. The van der Waals surface area contributed by atoms with E-state index in [9.17, 15) is 8.42 Å². The number of sulfonamides is 1. The van der Waals surface area contributed by atoms with Gasteiger partial charge in [0, 0.05) is 12.1 Å². The van der Waals surface area contributed by atoms with Crippen molar-refractivity contribution in [2.45, 2.75) is 31.6 Å². The summed E-state index contributed by atoms with van der Waals surface area (Å²) in [7, 11) is -3.49. The topological polar surface area (TPSA) is 58.5 Å². The fourth-order valence-electron chi connectivity index (χ4n) is 1.88. The predicted molar refractivity (Wildman–Crippen MR) is 67.8 cm³/mol. The van der Waals surface area contributed by atoms with Crippen LogP contribution in [0.5, 0.6) is 0 Å². The fourth-order valence-corrected chi connectivity index (χ4v) is 3.14. The highest BCUT2D eigenvalue weighted by Gasteiger charge is 2.29. The van der Waals surface area contributed by atoms with Crippen LogP contribution in [0.3, 0.4) is 0 Å². The molecule has 0 aromatic heterocycles. The molecule has 5 heteroatoms. The van der Waals surface area contributed by atoms with Crippen LogP contribution >= 0.6 is 0 Å². The van der Waals surface area contributed by atoms with Crippen LogP contribution in [0.4, 0.5) is 0 Å². The standard InChI is InChI=1S/C12H16N2O2S/c1-3-4-8-13-12-11-9(2)6-5-7-10(11)17(15,16)14-12/h5-7H,3-4,8H2,1-2H3,(H,13,14). The molecule has 0 unspecified atom stereocenters. The van der Waals surface area contributed by atoms with E-state index in [0.29, 0.717) is 10.7 Å². The summed E-state index contributed by atoms with van der Waals surface area (Å²) in [5, 5.41) is 3.11. The Labute approximate surface area is 102 Å². The van der Waals surface area contributed by atoms with Gasteiger partial charge in [-0.3, -0.25) is 0 Å². The minimum atomic E-state index is -3.49. The average Bonchev–Trinajstić information content (AvgIpc) is 2.53. The van der Waals surface area contributed by atoms with Gasteiger partial charge in [0.15, 0.2) is 0 Å². The summed E-state index contributed by atoms with van der Waals surface area (Å²) < 4.78 is 27.4. The molecular weight excluding hydrogens is 236 g/mol. The maximum Gasteiger partial charge on any atom is 0.285 e. The van der Waals surface area contributed by atoms with Crippen LogP contribution in [0.2, 0.25) is 0 Å². The number of aryl methyl sites for hydroxylation is 1. The molecule has 0 aliphatic carbocycles. The summed E-state index contributed by atoms with van der Waals surface area (Å²) >= 11 is 0. The number of nitrogens with zero attached hydrogens (tertiary/aromatic N) is 1. The van der Waals surface area contributed by atoms with E-state index in [4.69, 9.17) is 0 Å². The first-order valence-corrected chi connectivity index (χ1v) is 7.19. The lowest BCUT2D eigenvalue weighted by molar-refractivity contribution is 0.599. The molecule has 0 saturated carbocycles. The Hall–Kier alpha value is -1.36. The normalized spacial score (nSPS) is 16.5.